The van der Waals surface area contributed by atoms with Crippen LogP contribution in [0, 0.1) is 50.2 Å². The van der Waals surface area contributed by atoms with Crippen LogP contribution in [0.4, 0.5) is 14.4 Å². The van der Waals surface area contributed by atoms with Gasteiger partial charge >= 0.3 is 18.1 Å². The number of amides is 9. The van der Waals surface area contributed by atoms with Crippen LogP contribution in [-0.2, 0) is 43.2 Å². The smallest absolute Gasteiger partial charge is 0.320 e. The van der Waals surface area contributed by atoms with E-state index < -0.39 is 34.4 Å². The van der Waals surface area contributed by atoms with E-state index in [0.29, 0.717) is 65.2 Å². The highest BCUT2D eigenvalue weighted by Crippen LogP contribution is 2.26. The van der Waals surface area contributed by atoms with Crippen LogP contribution in [0.2, 0.25) is 0 Å². The molecule has 0 spiro atoms. The van der Waals surface area contributed by atoms with E-state index in [1.165, 1.54) is 19.6 Å². The molecule has 6 atom stereocenters. The van der Waals surface area contributed by atoms with Gasteiger partial charge in [0.25, 0.3) is 0 Å². The van der Waals surface area contributed by atoms with Gasteiger partial charge in [-0.2, -0.15) is 0 Å². The van der Waals surface area contributed by atoms with Crippen LogP contribution in [0.25, 0.3) is 0 Å². The number of urea groups is 3. The van der Waals surface area contributed by atoms with E-state index in [-0.39, 0.29) is 111 Å². The zero-order chi connectivity index (χ0) is 84.8. The number of likely N-dealkylation sites (N-methyl/N-ethyl adjacent to an activating group) is 13. The van der Waals surface area contributed by atoms with Gasteiger partial charge in [0.1, 0.15) is 17.3 Å². The summed E-state index contributed by atoms with van der Waals surface area (Å²) in [7, 11) is 27.0. The summed E-state index contributed by atoms with van der Waals surface area (Å²) in [6, 6.07) is -1.67. The van der Waals surface area contributed by atoms with Crippen molar-refractivity contribution < 1.29 is 57.5 Å². The topological polar surface area (TPSA) is 317 Å². The molecule has 0 fully saturated rings. The Kier molecular flexibility index (Phi) is 53.8. The highest BCUT2D eigenvalue weighted by molar-refractivity contribution is 5.94. The molecule has 0 aromatic heterocycles. The molecular weight excluding hydrogens is 1340 g/mol. The van der Waals surface area contributed by atoms with Crippen molar-refractivity contribution in [3.8, 4) is 0 Å². The molecule has 0 saturated carbocycles. The molecule has 0 rings (SSSR count). The molecule has 0 aromatic rings. The van der Waals surface area contributed by atoms with E-state index >= 15 is 0 Å². The summed E-state index contributed by atoms with van der Waals surface area (Å²) < 4.78 is 0. The van der Waals surface area contributed by atoms with E-state index in [1.54, 1.807) is 109 Å². The Morgan fingerprint density at radius 2 is 0.457 bits per heavy atom. The normalized spacial score (nSPS) is 13.3. The summed E-state index contributed by atoms with van der Waals surface area (Å²) in [5.41, 5.74) is 8.32. The summed E-state index contributed by atoms with van der Waals surface area (Å²) in [6.07, 6.45) is 0.878. The van der Waals surface area contributed by atoms with E-state index in [1.807, 2.05) is 197 Å². The summed E-state index contributed by atoms with van der Waals surface area (Å²) in [4.78, 5) is 162. The van der Waals surface area contributed by atoms with Crippen molar-refractivity contribution in [3.05, 3.63) is 0 Å². The third-order valence-electron chi connectivity index (χ3n) is 17.4. The summed E-state index contributed by atoms with van der Waals surface area (Å²) in [5, 5.41) is 5.98. The monoisotopic (exact) mass is 1500 g/mol. The summed E-state index contributed by atoms with van der Waals surface area (Å²) in [5.74, 6) is 0.0281. The average Bonchev–Trinajstić information content (AvgIpc) is 0.868. The predicted octanol–water partition coefficient (Wildman–Crippen LogP) is 7.66. The zero-order valence-electron chi connectivity index (χ0n) is 74.0. The van der Waals surface area contributed by atoms with Crippen LogP contribution < -0.4 is 22.1 Å². The SMILES string of the molecule is CC(C(=O)C(C)(C)C)N(C)C(=O)N(C)CCN.CC(C(=O)C(C)(C)C)N(C)C(=O)N(C)CCN(C)C.CC(CC(=O)N(C)CCN(C)C)C(=O)C(C)(C)C.CC(CC(=O)N(C)CCN)C(=O)C(C)(C)C.CNCCN(C)C(=O)CC(C)C(=O)C(C)(C)C.CNCCN(C)C(=O)N(C)C(C)C(=O)C(C)(C)C. The zero-order valence-corrected chi connectivity index (χ0v) is 74.0. The number of carbonyl (C=O) groups excluding carboxylic acids is 12. The molecular formula is C78H159N15O12. The molecule has 0 bridgehead atoms. The molecule has 27 nitrogen and oxygen atoms in total. The largest absolute Gasteiger partial charge is 0.344 e. The minimum absolute atomic E-state index is 0.0180. The quantitative estimate of drug-likeness (QED) is 0.0517. The first-order valence-corrected chi connectivity index (χ1v) is 37.1. The number of ketones is 6. The third kappa shape index (κ3) is 47.4. The van der Waals surface area contributed by atoms with Crippen LogP contribution in [0.1, 0.15) is 185 Å². The first-order chi connectivity index (χ1) is 47.2. The van der Waals surface area contributed by atoms with Crippen LogP contribution in [0.5, 0.6) is 0 Å². The highest BCUT2D eigenvalue weighted by Gasteiger charge is 2.36. The van der Waals surface area contributed by atoms with Gasteiger partial charge in [-0.25, -0.2) is 14.4 Å². The molecule has 6 N–H and O–H groups in total. The highest BCUT2D eigenvalue weighted by atomic mass is 16.2. The van der Waals surface area contributed by atoms with Crippen molar-refractivity contribution in [2.75, 3.05) is 184 Å². The lowest BCUT2D eigenvalue weighted by Crippen LogP contribution is -2.50. The van der Waals surface area contributed by atoms with Gasteiger partial charge in [0.05, 0.1) is 18.1 Å². The van der Waals surface area contributed by atoms with E-state index in [2.05, 4.69) is 10.6 Å². The second kappa shape index (κ2) is 51.4. The summed E-state index contributed by atoms with van der Waals surface area (Å²) in [6.45, 7) is 52.2. The number of carbonyl (C=O) groups is 12. The Bertz CT molecular complexity index is 2630. The third-order valence-corrected chi connectivity index (χ3v) is 17.4. The van der Waals surface area contributed by atoms with Crippen molar-refractivity contribution >= 4 is 70.5 Å². The minimum Gasteiger partial charge on any atom is -0.344 e. The predicted molar refractivity (Wildman–Crippen MR) is 430 cm³/mol. The first kappa shape index (κ1) is 110. The van der Waals surface area contributed by atoms with E-state index in [9.17, 15) is 57.5 Å². The number of hydrogen-bond donors (Lipinski definition) is 4. The van der Waals surface area contributed by atoms with Crippen molar-refractivity contribution in [1.82, 2.24) is 64.5 Å². The molecule has 105 heavy (non-hydrogen) atoms. The van der Waals surface area contributed by atoms with Crippen molar-refractivity contribution in [2.24, 2.45) is 61.7 Å². The van der Waals surface area contributed by atoms with E-state index in [0.717, 1.165) is 26.2 Å². The van der Waals surface area contributed by atoms with Crippen LogP contribution in [0.3, 0.4) is 0 Å². The Hall–Kier alpha value is -6.00. The number of rotatable bonds is 31. The fraction of sp³-hybridized carbons (Fsp3) is 0.846. The molecule has 0 radical (unpaired) electrons. The van der Waals surface area contributed by atoms with Gasteiger partial charge in [0.2, 0.25) is 17.7 Å². The number of nitrogens with one attached hydrogen (secondary N) is 2. The Morgan fingerprint density at radius 1 is 0.276 bits per heavy atom. The lowest BCUT2D eigenvalue weighted by Gasteiger charge is -2.32. The molecule has 27 heteroatoms. The fourth-order valence-corrected chi connectivity index (χ4v) is 9.77. The lowest BCUT2D eigenvalue weighted by molar-refractivity contribution is -0.137. The minimum atomic E-state index is -0.444. The van der Waals surface area contributed by atoms with Crippen LogP contribution >= 0.6 is 0 Å². The molecule has 0 saturated heterocycles. The number of nitrogens with zero attached hydrogens (tertiary/aromatic N) is 11. The van der Waals surface area contributed by atoms with E-state index in [4.69, 9.17) is 11.5 Å². The van der Waals surface area contributed by atoms with Gasteiger partial charge in [-0.1, -0.05) is 145 Å². The van der Waals surface area contributed by atoms with Crippen molar-refractivity contribution in [1.29, 1.82) is 0 Å². The van der Waals surface area contributed by atoms with Gasteiger partial charge in [0, 0.05) is 211 Å². The van der Waals surface area contributed by atoms with Gasteiger partial charge < -0.3 is 76.0 Å². The van der Waals surface area contributed by atoms with Gasteiger partial charge in [-0.05, 0) is 63.1 Å². The Balaban J connectivity index is -0.000000280. The first-order valence-electron chi connectivity index (χ1n) is 37.1. The van der Waals surface area contributed by atoms with Gasteiger partial charge in [0.15, 0.2) is 17.3 Å². The van der Waals surface area contributed by atoms with Gasteiger partial charge in [-0.15, -0.1) is 0 Å². The second-order valence-electron chi connectivity index (χ2n) is 34.8. The maximum Gasteiger partial charge on any atom is 0.320 e. The number of nitrogens with two attached hydrogens (primary N) is 2. The number of hydrogen-bond acceptors (Lipinski definition) is 18. The van der Waals surface area contributed by atoms with Gasteiger partial charge in [-0.3, -0.25) is 43.2 Å². The number of Topliss-reactive ketones (excluding diaryl/α,β-unsaturated/α-hetero) is 6. The maximum atomic E-state index is 12.2. The second-order valence-corrected chi connectivity index (χ2v) is 34.8. The molecule has 0 aliphatic carbocycles. The molecule has 0 heterocycles. The maximum absolute atomic E-state index is 12.2. The molecule has 0 aliphatic rings. The molecule has 6 unspecified atom stereocenters. The molecule has 618 valence electrons. The Morgan fingerprint density at radius 3 is 0.667 bits per heavy atom. The Labute approximate surface area is 639 Å². The molecule has 0 aliphatic heterocycles. The van der Waals surface area contributed by atoms with Crippen LogP contribution in [-0.4, -0.2) is 327 Å². The molecule has 9 amide bonds. The van der Waals surface area contributed by atoms with Crippen molar-refractivity contribution in [2.45, 2.75) is 204 Å². The van der Waals surface area contributed by atoms with Crippen molar-refractivity contribution in [3.63, 3.8) is 0 Å². The fourth-order valence-electron chi connectivity index (χ4n) is 9.77. The standard InChI is InChI=1S/C14H29N3O2.C14H28N2O2.C13H27N3O2.C13H26N2O2.C12H25N3O2.C12H24N2O2/c1-11(12(18)14(2,3)4)17(8)13(19)16(7)10-9-15(5)6;1-11(13(18)14(2,3)4)10-12(17)16(7)9-8-15(5)6;1-10(11(17)13(2,3)4)16(7)12(18)15(6)9-8-14-5;1-10(12(17)13(2,3)4)9-11(16)15(6)8-7-14-5;1-9(10(16)12(2,3)4)15(6)11(17)14(5)8-7-13;1-9(11(16)12(2,3)4)8-10(15)14(5)7-6-13/h11H,9-10H2,1-8H3;11H,8-10H2,1-7H3;10,14H,8-9H2,1-7H3;10,14H,7-9H2,1-6H3;9H,7-8,13H2,1-6H3;9H,6-8,13H2,1-5H3. The molecule has 0 aromatic carbocycles. The lowest BCUT2D eigenvalue weighted by atomic mass is 9.82. The average molecular weight is 1500 g/mol. The van der Waals surface area contributed by atoms with Crippen LogP contribution in [0.15, 0.2) is 0 Å². The summed E-state index contributed by atoms with van der Waals surface area (Å²) >= 11 is 0.